The lowest BCUT2D eigenvalue weighted by molar-refractivity contribution is -0.117. The van der Waals surface area contributed by atoms with Crippen LogP contribution in [0.3, 0.4) is 0 Å². The molecule has 0 unspecified atom stereocenters. The van der Waals surface area contributed by atoms with Gasteiger partial charge in [0.05, 0.1) is 23.2 Å². The molecule has 0 aliphatic carbocycles. The third-order valence-corrected chi connectivity index (χ3v) is 8.08. The predicted molar refractivity (Wildman–Crippen MR) is 110 cm³/mol. The van der Waals surface area contributed by atoms with E-state index in [1.54, 1.807) is 23.1 Å². The smallest absolute Gasteiger partial charge is 0.248 e. The van der Waals surface area contributed by atoms with Gasteiger partial charge >= 0.3 is 0 Å². The maximum Gasteiger partial charge on any atom is 0.248 e. The molecule has 0 spiro atoms. The molecule has 0 saturated carbocycles. The first kappa shape index (κ1) is 19.1. The number of benzene rings is 2. The van der Waals surface area contributed by atoms with Crippen LogP contribution in [0.15, 0.2) is 59.6 Å². The maximum atomic E-state index is 14.4. The molecule has 1 amide bonds. The second-order valence-electron chi connectivity index (χ2n) is 6.90. The molecule has 2 aromatic carbocycles. The normalized spacial score (nSPS) is 24.5. The van der Waals surface area contributed by atoms with E-state index in [4.69, 9.17) is 0 Å². The van der Waals surface area contributed by atoms with Gasteiger partial charge in [-0.05, 0) is 24.1 Å². The third kappa shape index (κ3) is 3.98. The van der Waals surface area contributed by atoms with E-state index in [2.05, 4.69) is 4.99 Å². The number of nitrogens with zero attached hydrogens (tertiary/aromatic N) is 2. The van der Waals surface area contributed by atoms with Gasteiger partial charge in [-0.25, -0.2) is 12.8 Å². The summed E-state index contributed by atoms with van der Waals surface area (Å²) < 4.78 is 38.5. The number of thioether (sulfide) groups is 1. The van der Waals surface area contributed by atoms with Crippen molar-refractivity contribution in [2.75, 3.05) is 16.4 Å². The number of hydrogen-bond donors (Lipinski definition) is 0. The molecule has 0 bridgehead atoms. The van der Waals surface area contributed by atoms with Crippen molar-refractivity contribution < 1.29 is 17.6 Å². The fourth-order valence-corrected chi connectivity index (χ4v) is 7.48. The lowest BCUT2D eigenvalue weighted by Crippen LogP contribution is -2.38. The van der Waals surface area contributed by atoms with Crippen LogP contribution in [0.1, 0.15) is 12.0 Å². The third-order valence-electron chi connectivity index (χ3n) is 4.87. The largest absolute Gasteiger partial charge is 0.313 e. The number of para-hydroxylation sites is 1. The summed E-state index contributed by atoms with van der Waals surface area (Å²) in [5.74, 6) is -0.797. The maximum absolute atomic E-state index is 14.4. The second kappa shape index (κ2) is 7.67. The number of halogens is 1. The minimum absolute atomic E-state index is 0.0184. The minimum Gasteiger partial charge on any atom is -0.313 e. The van der Waals surface area contributed by atoms with Gasteiger partial charge in [-0.1, -0.05) is 54.2 Å². The van der Waals surface area contributed by atoms with Crippen LogP contribution < -0.4 is 4.90 Å². The molecule has 2 saturated heterocycles. The van der Waals surface area contributed by atoms with E-state index >= 15 is 0 Å². The van der Waals surface area contributed by atoms with Crippen LogP contribution in [0.5, 0.6) is 0 Å². The van der Waals surface area contributed by atoms with Crippen LogP contribution >= 0.6 is 11.8 Å². The van der Waals surface area contributed by atoms with Crippen LogP contribution in [0, 0.1) is 5.82 Å². The van der Waals surface area contributed by atoms with Gasteiger partial charge in [0.25, 0.3) is 0 Å². The highest BCUT2D eigenvalue weighted by molar-refractivity contribution is 8.16. The number of aryl methyl sites for hydroxylation is 1. The summed E-state index contributed by atoms with van der Waals surface area (Å²) in [6.07, 6.45) is 0.814. The Morgan fingerprint density at radius 1 is 1.11 bits per heavy atom. The second-order valence-corrected chi connectivity index (χ2v) is 10.3. The van der Waals surface area contributed by atoms with Crippen LogP contribution in [0.2, 0.25) is 0 Å². The number of anilines is 1. The first-order valence-corrected chi connectivity index (χ1v) is 11.7. The van der Waals surface area contributed by atoms with Crippen LogP contribution in [0.25, 0.3) is 0 Å². The predicted octanol–water partition coefficient (Wildman–Crippen LogP) is 3.06. The lowest BCUT2D eigenvalue weighted by atomic mass is 10.1. The summed E-state index contributed by atoms with van der Waals surface area (Å²) in [5.41, 5.74) is 1.30. The van der Waals surface area contributed by atoms with Crippen molar-refractivity contribution in [2.24, 2.45) is 4.99 Å². The highest BCUT2D eigenvalue weighted by atomic mass is 32.2. The Bertz CT molecular complexity index is 1020. The number of amides is 1. The number of sulfone groups is 1. The topological polar surface area (TPSA) is 66.8 Å². The van der Waals surface area contributed by atoms with Crippen molar-refractivity contribution in [3.05, 3.63) is 66.0 Å². The zero-order valence-electron chi connectivity index (χ0n) is 15.0. The Labute approximate surface area is 167 Å². The number of fused-ring (bicyclic) bond motifs is 1. The molecular weight excluding hydrogens is 399 g/mol. The van der Waals surface area contributed by atoms with E-state index in [1.807, 2.05) is 30.3 Å². The van der Waals surface area contributed by atoms with Gasteiger partial charge < -0.3 is 4.90 Å². The van der Waals surface area contributed by atoms with E-state index in [0.717, 1.165) is 5.56 Å². The molecule has 8 heteroatoms. The zero-order chi connectivity index (χ0) is 19.7. The number of amidine groups is 1. The van der Waals surface area contributed by atoms with Gasteiger partial charge in [-0.3, -0.25) is 4.79 Å². The number of rotatable bonds is 4. The molecule has 4 rings (SSSR count). The fourth-order valence-electron chi connectivity index (χ4n) is 3.55. The molecule has 2 aromatic rings. The summed E-state index contributed by atoms with van der Waals surface area (Å²) in [6.45, 7) is 0. The quantitative estimate of drug-likeness (QED) is 0.764. The molecule has 0 aromatic heterocycles. The zero-order valence-corrected chi connectivity index (χ0v) is 16.6. The molecule has 2 aliphatic heterocycles. The van der Waals surface area contributed by atoms with Gasteiger partial charge in [0.15, 0.2) is 15.0 Å². The Balaban J connectivity index is 1.59. The molecule has 2 aliphatic rings. The molecular formula is C20H19FN2O3S2. The standard InChI is InChI=1S/C20H19FN2O3S2/c21-15-8-4-5-9-16(15)23-17-12-28(25,26)13-18(17)27-20(23)22-19(24)11-10-14-6-2-1-3-7-14/h1-9,17-18H,10-13H2/t17-,18-/m1/s1. The first-order valence-electron chi connectivity index (χ1n) is 8.99. The fraction of sp³-hybridized carbons (Fsp3) is 0.300. The van der Waals surface area contributed by atoms with Gasteiger partial charge in [0.2, 0.25) is 5.91 Å². The SMILES string of the molecule is O=C(CCc1ccccc1)N=C1S[C@@H]2CS(=O)(=O)C[C@H]2N1c1ccccc1F. The summed E-state index contributed by atoms with van der Waals surface area (Å²) in [5, 5.41) is 0.137. The lowest BCUT2D eigenvalue weighted by Gasteiger charge is -2.24. The van der Waals surface area contributed by atoms with E-state index in [9.17, 15) is 17.6 Å². The minimum atomic E-state index is -3.18. The molecule has 146 valence electrons. The Morgan fingerprint density at radius 2 is 1.82 bits per heavy atom. The molecule has 0 N–H and O–H groups in total. The number of carbonyl (C=O) groups is 1. The van der Waals surface area contributed by atoms with Crippen LogP contribution in [-0.2, 0) is 21.1 Å². The summed E-state index contributed by atoms with van der Waals surface area (Å²) >= 11 is 1.25. The van der Waals surface area contributed by atoms with Gasteiger partial charge in [0, 0.05) is 11.7 Å². The average molecular weight is 419 g/mol. The van der Waals surface area contributed by atoms with E-state index < -0.39 is 21.7 Å². The van der Waals surface area contributed by atoms with E-state index in [0.29, 0.717) is 11.6 Å². The van der Waals surface area contributed by atoms with Gasteiger partial charge in [-0.2, -0.15) is 4.99 Å². The van der Waals surface area contributed by atoms with E-state index in [-0.39, 0.29) is 34.8 Å². The van der Waals surface area contributed by atoms with Crippen molar-refractivity contribution >= 4 is 38.4 Å². The molecule has 0 radical (unpaired) electrons. The monoisotopic (exact) mass is 418 g/mol. The van der Waals surface area contributed by atoms with Gasteiger partial charge in [-0.15, -0.1) is 0 Å². The van der Waals surface area contributed by atoms with Crippen LogP contribution in [-0.4, -0.2) is 42.3 Å². The highest BCUT2D eigenvalue weighted by Gasteiger charge is 2.49. The summed E-state index contributed by atoms with van der Waals surface area (Å²) in [6, 6.07) is 15.4. The van der Waals surface area contributed by atoms with Crippen molar-refractivity contribution in [1.29, 1.82) is 0 Å². The van der Waals surface area contributed by atoms with Crippen molar-refractivity contribution in [1.82, 2.24) is 0 Å². The summed E-state index contributed by atoms with van der Waals surface area (Å²) in [4.78, 5) is 18.3. The van der Waals surface area contributed by atoms with Crippen molar-refractivity contribution in [3.63, 3.8) is 0 Å². The van der Waals surface area contributed by atoms with Crippen molar-refractivity contribution in [3.8, 4) is 0 Å². The molecule has 2 atom stereocenters. The average Bonchev–Trinajstić information content (AvgIpc) is 3.12. The number of carbonyl (C=O) groups excluding carboxylic acids is 1. The first-order chi connectivity index (χ1) is 13.4. The van der Waals surface area contributed by atoms with Gasteiger partial charge in [0.1, 0.15) is 5.82 Å². The Morgan fingerprint density at radius 3 is 2.57 bits per heavy atom. The molecule has 2 fully saturated rings. The highest BCUT2D eigenvalue weighted by Crippen LogP contribution is 2.41. The molecule has 28 heavy (non-hydrogen) atoms. The van der Waals surface area contributed by atoms with E-state index in [1.165, 1.54) is 17.8 Å². The molecule has 5 nitrogen and oxygen atoms in total. The Kier molecular flexibility index (Phi) is 5.25. The molecule has 2 heterocycles. The summed E-state index contributed by atoms with van der Waals surface area (Å²) in [7, 11) is -3.18. The van der Waals surface area contributed by atoms with Crippen LogP contribution in [0.4, 0.5) is 10.1 Å². The van der Waals surface area contributed by atoms with Crippen molar-refractivity contribution in [2.45, 2.75) is 24.1 Å². The number of hydrogen-bond acceptors (Lipinski definition) is 4. The number of aliphatic imine (C=N–C) groups is 1. The Hall–Kier alpha value is -2.19.